The largest absolute Gasteiger partial charge is 0.444 e. The van der Waals surface area contributed by atoms with Crippen molar-refractivity contribution >= 4 is 38.9 Å². The maximum Gasteiger partial charge on any atom is 0.407 e. The van der Waals surface area contributed by atoms with E-state index in [-0.39, 0.29) is 41.9 Å². The van der Waals surface area contributed by atoms with Crippen molar-refractivity contribution in [2.75, 3.05) is 53.4 Å². The molecule has 3 N–H and O–H groups in total. The number of nitrogens with two attached hydrogens (primary N) is 1. The van der Waals surface area contributed by atoms with Crippen molar-refractivity contribution in [2.24, 2.45) is 16.6 Å². The van der Waals surface area contributed by atoms with Crippen molar-refractivity contribution in [1.82, 2.24) is 22.5 Å². The molecular weight excluding hydrogens is 628 g/mol. The Morgan fingerprint density at radius 3 is 1.41 bits per heavy atom. The monoisotopic (exact) mass is 690 g/mol. The van der Waals surface area contributed by atoms with E-state index in [4.69, 9.17) is 10.5 Å². The van der Waals surface area contributed by atoms with Crippen LogP contribution in [0.3, 0.4) is 0 Å². The van der Waals surface area contributed by atoms with E-state index >= 15 is 0 Å². The third kappa shape index (κ3) is 14.4. The molecule has 2 aliphatic heterocycles. The molecule has 0 unspecified atom stereocenters. The third-order valence-electron chi connectivity index (χ3n) is 7.81. The Labute approximate surface area is 275 Å². The van der Waals surface area contributed by atoms with Crippen LogP contribution in [0.15, 0.2) is 0 Å². The molecule has 2 heterocycles. The van der Waals surface area contributed by atoms with Crippen molar-refractivity contribution < 1.29 is 26.4 Å². The lowest BCUT2D eigenvalue weighted by Crippen LogP contribution is -2.54. The van der Waals surface area contributed by atoms with E-state index in [0.29, 0.717) is 32.7 Å². The molecule has 2 fully saturated rings. The molecule has 0 spiro atoms. The number of rotatable bonds is 9. The van der Waals surface area contributed by atoms with Crippen LogP contribution in [0.4, 0.5) is 4.79 Å². The molecule has 2 rings (SSSR count). The van der Waals surface area contributed by atoms with Crippen LogP contribution >= 0.6 is 12.4 Å². The molecule has 0 aliphatic carbocycles. The highest BCUT2D eigenvalue weighted by Gasteiger charge is 2.35. The van der Waals surface area contributed by atoms with Crippen molar-refractivity contribution in [3.8, 4) is 0 Å². The number of alkyl carbamates (subject to hydrolysis) is 1. The Morgan fingerprint density at radius 1 is 0.727 bits per heavy atom. The smallest absolute Gasteiger partial charge is 0.407 e. The SMILES string of the molecule is CN(C[C@@H](N)C(C)(C)C)S(=O)(=O)N1CCCCC1.CN(C[C@@H](NC(=O)OC(C)(C)C)C(C)(C)C)S(=O)(=O)N1CCCCC1.Cl. The number of piperidine rings is 2. The van der Waals surface area contributed by atoms with Gasteiger partial charge in [0.2, 0.25) is 0 Å². The minimum atomic E-state index is -3.51. The summed E-state index contributed by atoms with van der Waals surface area (Å²) in [6.45, 7) is 20.3. The lowest BCUT2D eigenvalue weighted by atomic mass is 9.87. The van der Waals surface area contributed by atoms with E-state index < -0.39 is 32.1 Å². The molecule has 44 heavy (non-hydrogen) atoms. The van der Waals surface area contributed by atoms with Gasteiger partial charge in [-0.05, 0) is 57.3 Å². The van der Waals surface area contributed by atoms with Crippen LogP contribution in [0, 0.1) is 10.8 Å². The number of amides is 1. The fourth-order valence-electron chi connectivity index (χ4n) is 4.57. The summed E-state index contributed by atoms with van der Waals surface area (Å²) in [5.74, 6) is 0. The molecular formula is C29H63ClN6O6S2. The van der Waals surface area contributed by atoms with Crippen molar-refractivity contribution in [3.63, 3.8) is 0 Å². The highest BCUT2D eigenvalue weighted by molar-refractivity contribution is 7.87. The molecule has 2 saturated heterocycles. The Bertz CT molecular complexity index is 1080. The number of halogens is 1. The van der Waals surface area contributed by atoms with E-state index in [1.165, 1.54) is 12.9 Å². The van der Waals surface area contributed by atoms with Crippen LogP contribution in [-0.2, 0) is 25.2 Å². The first-order chi connectivity index (χ1) is 19.4. The average molecular weight is 691 g/mol. The van der Waals surface area contributed by atoms with Gasteiger partial charge < -0.3 is 15.8 Å². The van der Waals surface area contributed by atoms with Gasteiger partial charge in [0, 0.05) is 59.4 Å². The zero-order chi connectivity index (χ0) is 33.4. The fraction of sp³-hybridized carbons (Fsp3) is 0.966. The molecule has 1 amide bonds. The topological polar surface area (TPSA) is 146 Å². The van der Waals surface area contributed by atoms with Gasteiger partial charge in [0.15, 0.2) is 0 Å². The zero-order valence-corrected chi connectivity index (χ0v) is 31.6. The van der Waals surface area contributed by atoms with Gasteiger partial charge in [0.25, 0.3) is 20.4 Å². The van der Waals surface area contributed by atoms with Crippen LogP contribution in [0.1, 0.15) is 101 Å². The summed E-state index contributed by atoms with van der Waals surface area (Å²) in [5.41, 5.74) is 5.05. The number of carbonyl (C=O) groups is 1. The fourth-order valence-corrected chi connectivity index (χ4v) is 7.48. The van der Waals surface area contributed by atoms with Gasteiger partial charge in [-0.15, -0.1) is 12.4 Å². The number of hydrogen-bond donors (Lipinski definition) is 2. The molecule has 15 heteroatoms. The summed E-state index contributed by atoms with van der Waals surface area (Å²) in [6, 6.07) is -0.533. The summed E-state index contributed by atoms with van der Waals surface area (Å²) < 4.78 is 61.4. The van der Waals surface area contributed by atoms with Crippen molar-refractivity contribution in [3.05, 3.63) is 0 Å². The van der Waals surface area contributed by atoms with Gasteiger partial charge >= 0.3 is 6.09 Å². The lowest BCUT2D eigenvalue weighted by Gasteiger charge is -2.37. The minimum Gasteiger partial charge on any atom is -0.444 e. The van der Waals surface area contributed by atoms with Gasteiger partial charge in [-0.1, -0.05) is 54.4 Å². The average Bonchev–Trinajstić information content (AvgIpc) is 2.87. The van der Waals surface area contributed by atoms with Crippen molar-refractivity contribution in [1.29, 1.82) is 0 Å². The number of hydrogen-bond acceptors (Lipinski definition) is 7. The van der Waals surface area contributed by atoms with Crippen LogP contribution in [0.5, 0.6) is 0 Å². The lowest BCUT2D eigenvalue weighted by molar-refractivity contribution is 0.0454. The molecule has 0 aromatic rings. The second kappa shape index (κ2) is 17.4. The van der Waals surface area contributed by atoms with E-state index in [1.807, 2.05) is 41.5 Å². The highest BCUT2D eigenvalue weighted by atomic mass is 35.5. The normalized spacial score (nSPS) is 19.4. The van der Waals surface area contributed by atoms with Crippen molar-refractivity contribution in [2.45, 2.75) is 119 Å². The van der Waals surface area contributed by atoms with Crippen LogP contribution in [0.25, 0.3) is 0 Å². The van der Waals surface area contributed by atoms with Gasteiger partial charge in [0.1, 0.15) is 5.60 Å². The summed E-state index contributed by atoms with van der Waals surface area (Å²) in [6.07, 6.45) is 5.36. The molecule has 12 nitrogen and oxygen atoms in total. The van der Waals surface area contributed by atoms with Crippen LogP contribution < -0.4 is 11.1 Å². The van der Waals surface area contributed by atoms with E-state index in [9.17, 15) is 21.6 Å². The molecule has 0 radical (unpaired) electrons. The Balaban J connectivity index is 0.000000863. The maximum atomic E-state index is 12.8. The van der Waals surface area contributed by atoms with Gasteiger partial charge in [-0.25, -0.2) is 4.79 Å². The Hall–Kier alpha value is -0.740. The summed E-state index contributed by atoms with van der Waals surface area (Å²) in [7, 11) is -3.65. The number of nitrogens with one attached hydrogen (secondary N) is 1. The molecule has 0 aromatic heterocycles. The first kappa shape index (κ1) is 43.3. The van der Waals surface area contributed by atoms with E-state index in [2.05, 4.69) is 5.32 Å². The van der Waals surface area contributed by atoms with Gasteiger partial charge in [0.05, 0.1) is 6.04 Å². The molecule has 0 aromatic carbocycles. The van der Waals surface area contributed by atoms with Gasteiger partial charge in [-0.2, -0.15) is 34.1 Å². The molecule has 2 atom stereocenters. The molecule has 0 bridgehead atoms. The third-order valence-corrected chi connectivity index (χ3v) is 11.7. The number of carbonyl (C=O) groups excluding carboxylic acids is 1. The molecule has 0 saturated carbocycles. The molecule has 2 aliphatic rings. The predicted molar refractivity (Wildman–Crippen MR) is 181 cm³/mol. The van der Waals surface area contributed by atoms with Gasteiger partial charge in [-0.3, -0.25) is 0 Å². The number of ether oxygens (including phenoxy) is 1. The maximum absolute atomic E-state index is 12.8. The van der Waals surface area contributed by atoms with Crippen LogP contribution in [-0.4, -0.2) is 111 Å². The quantitative estimate of drug-likeness (QED) is 0.372. The first-order valence-corrected chi connectivity index (χ1v) is 18.4. The van der Waals surface area contributed by atoms with E-state index in [1.54, 1.807) is 39.2 Å². The zero-order valence-electron chi connectivity index (χ0n) is 29.2. The summed E-state index contributed by atoms with van der Waals surface area (Å²) in [4.78, 5) is 12.1. The standard InChI is InChI=1S/C17H35N3O4S.C12H27N3O2S.ClH/c1-16(2,3)14(18-15(21)24-17(4,5)6)13-19(7)25(22,23)20-11-9-8-10-12-20;1-12(2,3)11(13)10-14(4)18(16,17)15-8-6-5-7-9-15;/h14H,8-13H2,1-7H3,(H,18,21);11H,5-10,13H2,1-4H3;1H/t14-;11-;/m11./s1. The number of nitrogens with zero attached hydrogens (tertiary/aromatic N) is 4. The summed E-state index contributed by atoms with van der Waals surface area (Å²) in [5, 5.41) is 2.83. The van der Waals surface area contributed by atoms with E-state index in [0.717, 1.165) is 38.5 Å². The Morgan fingerprint density at radius 2 is 1.09 bits per heavy atom. The summed E-state index contributed by atoms with van der Waals surface area (Å²) >= 11 is 0. The second-order valence-corrected chi connectivity index (χ2v) is 19.1. The Kier molecular flexibility index (Phi) is 17.1. The second-order valence-electron chi connectivity index (χ2n) is 15.0. The molecule has 264 valence electrons. The first-order valence-electron chi connectivity index (χ1n) is 15.6. The van der Waals surface area contributed by atoms with Crippen LogP contribution in [0.2, 0.25) is 0 Å². The highest BCUT2D eigenvalue weighted by Crippen LogP contribution is 2.24. The number of likely N-dealkylation sites (N-methyl/N-ethyl adjacent to an activating group) is 2. The predicted octanol–water partition coefficient (Wildman–Crippen LogP) is 4.03. The minimum absolute atomic E-state index is 0.